The van der Waals surface area contributed by atoms with Crippen LogP contribution < -0.4 is 0 Å². The zero-order chi connectivity index (χ0) is 18.5. The van der Waals surface area contributed by atoms with Crippen molar-refractivity contribution in [3.05, 3.63) is 69.8 Å². The quantitative estimate of drug-likeness (QED) is 0.775. The van der Waals surface area contributed by atoms with Crippen molar-refractivity contribution in [2.24, 2.45) is 10.2 Å². The molecule has 0 saturated carbocycles. The number of azo groups is 1. The lowest BCUT2D eigenvalue weighted by molar-refractivity contribution is 0.0597. The summed E-state index contributed by atoms with van der Waals surface area (Å²) in [6.07, 6.45) is 0.519. The smallest absolute Gasteiger partial charge is 0.338 e. The SMILES string of the molecule is COC(=O)c1ccc(C)cc1[C@H]1CN=N[C@]12Cc1cc(C)ccc1C2=O. The minimum Gasteiger partial charge on any atom is -0.465 e. The maximum absolute atomic E-state index is 13.3. The fourth-order valence-corrected chi connectivity index (χ4v) is 4.15. The Labute approximate surface area is 152 Å². The van der Waals surface area contributed by atoms with Gasteiger partial charge in [-0.15, -0.1) is 0 Å². The van der Waals surface area contributed by atoms with Gasteiger partial charge in [-0.05, 0) is 31.0 Å². The van der Waals surface area contributed by atoms with E-state index in [1.54, 1.807) is 6.07 Å². The molecule has 1 aliphatic carbocycles. The molecule has 1 spiro atoms. The highest BCUT2D eigenvalue weighted by molar-refractivity contribution is 6.09. The molecule has 0 aromatic heterocycles. The molecule has 0 amide bonds. The Bertz CT molecular complexity index is 964. The second kappa shape index (κ2) is 5.87. The number of carbonyl (C=O) groups is 2. The molecular weight excluding hydrogens is 328 g/mol. The lowest BCUT2D eigenvalue weighted by Crippen LogP contribution is -2.39. The van der Waals surface area contributed by atoms with Gasteiger partial charge in [0, 0.05) is 17.9 Å². The van der Waals surface area contributed by atoms with Gasteiger partial charge >= 0.3 is 5.97 Å². The number of benzene rings is 2. The highest BCUT2D eigenvalue weighted by Crippen LogP contribution is 2.47. The lowest BCUT2D eigenvalue weighted by atomic mass is 9.76. The summed E-state index contributed by atoms with van der Waals surface area (Å²) in [5.74, 6) is -0.673. The van der Waals surface area contributed by atoms with Gasteiger partial charge in [-0.25, -0.2) is 4.79 Å². The average Bonchev–Trinajstić information content (AvgIpc) is 3.16. The van der Waals surface area contributed by atoms with Crippen molar-refractivity contribution in [3.8, 4) is 0 Å². The number of rotatable bonds is 2. The molecule has 5 nitrogen and oxygen atoms in total. The molecule has 0 saturated heterocycles. The van der Waals surface area contributed by atoms with Gasteiger partial charge in [0.15, 0.2) is 11.3 Å². The highest BCUT2D eigenvalue weighted by Gasteiger charge is 2.55. The summed E-state index contributed by atoms with van der Waals surface area (Å²) >= 11 is 0. The van der Waals surface area contributed by atoms with E-state index in [4.69, 9.17) is 4.74 Å². The zero-order valence-corrected chi connectivity index (χ0v) is 15.1. The van der Waals surface area contributed by atoms with E-state index < -0.39 is 11.5 Å². The van der Waals surface area contributed by atoms with E-state index in [2.05, 4.69) is 10.2 Å². The Morgan fingerprint density at radius 1 is 1.15 bits per heavy atom. The molecule has 0 N–H and O–H groups in total. The molecule has 4 rings (SSSR count). The number of fused-ring (bicyclic) bond motifs is 1. The van der Waals surface area contributed by atoms with Gasteiger partial charge < -0.3 is 4.74 Å². The van der Waals surface area contributed by atoms with Crippen molar-refractivity contribution in [2.45, 2.75) is 31.7 Å². The van der Waals surface area contributed by atoms with Crippen LogP contribution in [0.5, 0.6) is 0 Å². The van der Waals surface area contributed by atoms with E-state index in [0.717, 1.165) is 22.3 Å². The van der Waals surface area contributed by atoms with Crippen LogP contribution in [0.3, 0.4) is 0 Å². The third-order valence-corrected chi connectivity index (χ3v) is 5.44. The third-order valence-electron chi connectivity index (χ3n) is 5.44. The van der Waals surface area contributed by atoms with Crippen molar-refractivity contribution in [3.63, 3.8) is 0 Å². The molecule has 1 heterocycles. The maximum Gasteiger partial charge on any atom is 0.338 e. The van der Waals surface area contributed by atoms with E-state index in [1.807, 2.05) is 44.2 Å². The summed E-state index contributed by atoms with van der Waals surface area (Å²) < 4.78 is 4.95. The molecule has 2 aromatic rings. The molecule has 2 aliphatic rings. The molecule has 0 radical (unpaired) electrons. The first kappa shape index (κ1) is 16.6. The largest absolute Gasteiger partial charge is 0.465 e. The predicted octanol–water partition coefficient (Wildman–Crippen LogP) is 3.82. The number of Topliss-reactive ketones (excluding diaryl/α,β-unsaturated/α-hetero) is 1. The summed E-state index contributed by atoms with van der Waals surface area (Å²) in [7, 11) is 1.37. The third kappa shape index (κ3) is 2.30. The van der Waals surface area contributed by atoms with Crippen LogP contribution in [0.1, 0.15) is 48.9 Å². The van der Waals surface area contributed by atoms with Gasteiger partial charge in [-0.2, -0.15) is 10.2 Å². The normalized spacial score (nSPS) is 23.5. The minimum atomic E-state index is -0.952. The Kier molecular flexibility index (Phi) is 3.75. The second-order valence-electron chi connectivity index (χ2n) is 7.15. The Morgan fingerprint density at radius 3 is 2.65 bits per heavy atom. The zero-order valence-electron chi connectivity index (χ0n) is 15.1. The molecule has 132 valence electrons. The molecule has 0 bridgehead atoms. The number of hydrogen-bond donors (Lipinski definition) is 0. The van der Waals surface area contributed by atoms with E-state index in [1.165, 1.54) is 7.11 Å². The molecule has 0 fully saturated rings. The van der Waals surface area contributed by atoms with Gasteiger partial charge in [0.25, 0.3) is 0 Å². The molecule has 2 atom stereocenters. The van der Waals surface area contributed by atoms with Crippen molar-refractivity contribution < 1.29 is 14.3 Å². The van der Waals surface area contributed by atoms with Crippen LogP contribution in [0.2, 0.25) is 0 Å². The summed E-state index contributed by atoms with van der Waals surface area (Å²) in [6.45, 7) is 4.38. The Morgan fingerprint density at radius 2 is 1.88 bits per heavy atom. The van der Waals surface area contributed by atoms with Crippen molar-refractivity contribution >= 4 is 11.8 Å². The number of ketones is 1. The van der Waals surface area contributed by atoms with Crippen molar-refractivity contribution in [1.29, 1.82) is 0 Å². The fourth-order valence-electron chi connectivity index (χ4n) is 4.15. The number of ether oxygens (including phenoxy) is 1. The van der Waals surface area contributed by atoms with E-state index >= 15 is 0 Å². The van der Waals surface area contributed by atoms with Gasteiger partial charge in [-0.3, -0.25) is 4.79 Å². The average molecular weight is 348 g/mol. The first-order chi connectivity index (χ1) is 12.5. The van der Waals surface area contributed by atoms with Gasteiger partial charge in [-0.1, -0.05) is 41.5 Å². The minimum absolute atomic E-state index is 0.00364. The topological polar surface area (TPSA) is 68.1 Å². The summed E-state index contributed by atoms with van der Waals surface area (Å²) in [5, 5.41) is 8.67. The van der Waals surface area contributed by atoms with Crippen LogP contribution in [0.15, 0.2) is 46.6 Å². The van der Waals surface area contributed by atoms with Crippen LogP contribution >= 0.6 is 0 Å². The number of carbonyl (C=O) groups excluding carboxylic acids is 2. The van der Waals surface area contributed by atoms with Crippen molar-refractivity contribution in [2.75, 3.05) is 13.7 Å². The van der Waals surface area contributed by atoms with Crippen molar-refractivity contribution in [1.82, 2.24) is 0 Å². The summed E-state index contributed by atoms with van der Waals surface area (Å²) in [4.78, 5) is 25.6. The standard InChI is InChI=1S/C21H20N2O3/c1-12-4-6-15-14(8-12)10-21(19(15)24)18(11-22-23-21)17-9-13(2)5-7-16(17)20(25)26-3/h4-9,18H,10-11H2,1-3H3/t18-,21-/m1/s1. The summed E-state index contributed by atoms with van der Waals surface area (Å²) in [5.41, 5.74) is 4.18. The summed E-state index contributed by atoms with van der Waals surface area (Å²) in [6, 6.07) is 11.5. The number of hydrogen-bond acceptors (Lipinski definition) is 5. The van der Waals surface area contributed by atoms with Gasteiger partial charge in [0.2, 0.25) is 0 Å². The molecule has 0 unspecified atom stereocenters. The number of esters is 1. The first-order valence-electron chi connectivity index (χ1n) is 8.68. The number of methoxy groups -OCH3 is 1. The van der Waals surface area contributed by atoms with Crippen LogP contribution in [0.4, 0.5) is 0 Å². The first-order valence-corrected chi connectivity index (χ1v) is 8.68. The predicted molar refractivity (Wildman–Crippen MR) is 96.9 cm³/mol. The van der Waals surface area contributed by atoms with Crippen LogP contribution in [-0.2, 0) is 11.2 Å². The Balaban J connectivity index is 1.84. The van der Waals surface area contributed by atoms with Crippen LogP contribution in [0, 0.1) is 13.8 Å². The second-order valence-corrected chi connectivity index (χ2v) is 7.15. The van der Waals surface area contributed by atoms with E-state index in [9.17, 15) is 9.59 Å². The Hall–Kier alpha value is -2.82. The fraction of sp³-hybridized carbons (Fsp3) is 0.333. The molecule has 26 heavy (non-hydrogen) atoms. The molecule has 1 aliphatic heterocycles. The number of aryl methyl sites for hydroxylation is 2. The number of nitrogens with zero attached hydrogens (tertiary/aromatic N) is 2. The van der Waals surface area contributed by atoms with Gasteiger partial charge in [0.05, 0.1) is 19.2 Å². The molecular formula is C21H20N2O3. The monoisotopic (exact) mass is 348 g/mol. The maximum atomic E-state index is 13.3. The van der Waals surface area contributed by atoms with E-state index in [0.29, 0.717) is 24.1 Å². The highest BCUT2D eigenvalue weighted by atomic mass is 16.5. The van der Waals surface area contributed by atoms with E-state index in [-0.39, 0.29) is 11.7 Å². The van der Waals surface area contributed by atoms with Crippen LogP contribution in [0.25, 0.3) is 0 Å². The van der Waals surface area contributed by atoms with Crippen LogP contribution in [-0.4, -0.2) is 30.9 Å². The molecule has 2 aromatic carbocycles. The lowest BCUT2D eigenvalue weighted by Gasteiger charge is -2.27. The van der Waals surface area contributed by atoms with Gasteiger partial charge in [0.1, 0.15) is 0 Å². The molecule has 5 heteroatoms.